The first-order chi connectivity index (χ1) is 14.7. The fourth-order valence-corrected chi connectivity index (χ4v) is 3.61. The number of primary amides is 1. The normalized spacial score (nSPS) is 15.0. The highest BCUT2D eigenvalue weighted by molar-refractivity contribution is 5.92. The Morgan fingerprint density at radius 2 is 1.90 bits per heavy atom. The van der Waals surface area contributed by atoms with Crippen molar-refractivity contribution in [1.29, 1.82) is 0 Å². The molecule has 2 aromatic carbocycles. The van der Waals surface area contributed by atoms with Gasteiger partial charge in [-0.05, 0) is 47.7 Å². The molecule has 1 aromatic heterocycles. The Labute approximate surface area is 176 Å². The van der Waals surface area contributed by atoms with Crippen molar-refractivity contribution in [3.63, 3.8) is 0 Å². The Morgan fingerprint density at radius 1 is 1.07 bits per heavy atom. The lowest BCUT2D eigenvalue weighted by Crippen LogP contribution is -2.32. The van der Waals surface area contributed by atoms with Crippen molar-refractivity contribution in [2.45, 2.75) is 25.5 Å². The molecular formula is C24H25N3O3. The van der Waals surface area contributed by atoms with Crippen LogP contribution in [-0.2, 0) is 24.2 Å². The number of carbonyl (C=O) groups excluding carboxylic acids is 1. The van der Waals surface area contributed by atoms with Crippen LogP contribution in [0.25, 0.3) is 0 Å². The molecule has 4 rings (SSSR count). The zero-order chi connectivity index (χ0) is 20.8. The van der Waals surface area contributed by atoms with Gasteiger partial charge in [0, 0.05) is 24.8 Å². The molecule has 1 amide bonds. The molecule has 0 saturated carbocycles. The molecule has 1 atom stereocenters. The van der Waals surface area contributed by atoms with Gasteiger partial charge in [-0.1, -0.05) is 36.4 Å². The Bertz CT molecular complexity index is 990. The summed E-state index contributed by atoms with van der Waals surface area (Å²) in [7, 11) is 0. The topological polar surface area (TPSA) is 86.5 Å². The highest BCUT2D eigenvalue weighted by Gasteiger charge is 2.21. The average molecular weight is 403 g/mol. The second kappa shape index (κ2) is 9.52. The van der Waals surface area contributed by atoms with Gasteiger partial charge in [0.15, 0.2) is 0 Å². The number of benzene rings is 2. The molecule has 6 nitrogen and oxygen atoms in total. The molecule has 0 radical (unpaired) electrons. The first-order valence-corrected chi connectivity index (χ1v) is 10.1. The minimum absolute atomic E-state index is 0.359. The first-order valence-electron chi connectivity index (χ1n) is 10.1. The lowest BCUT2D eigenvalue weighted by atomic mass is 10.1. The van der Waals surface area contributed by atoms with Crippen LogP contribution in [0.4, 0.5) is 0 Å². The number of hydrogen-bond donors (Lipinski definition) is 2. The average Bonchev–Trinajstić information content (AvgIpc) is 3.17. The molecule has 0 spiro atoms. The Kier molecular flexibility index (Phi) is 6.37. The molecule has 0 saturated heterocycles. The summed E-state index contributed by atoms with van der Waals surface area (Å²) in [5, 5.41) is 3.58. The van der Waals surface area contributed by atoms with Crippen LogP contribution in [-0.4, -0.2) is 30.1 Å². The summed E-state index contributed by atoms with van der Waals surface area (Å²) in [6.07, 6.45) is 3.38. The standard InChI is InChI=1S/C24H25N3O3/c25-24(28)19-7-9-23(27-15-19)30-22-8-6-18-12-21(13-20(18)14-22)26-10-11-29-16-17-4-2-1-3-5-17/h1-9,14-15,21,26H,10-13,16H2,(H2,25,28). The summed E-state index contributed by atoms with van der Waals surface area (Å²) in [5.74, 6) is 0.665. The number of nitrogens with two attached hydrogens (primary N) is 1. The van der Waals surface area contributed by atoms with E-state index in [9.17, 15) is 4.79 Å². The van der Waals surface area contributed by atoms with Crippen LogP contribution >= 0.6 is 0 Å². The SMILES string of the molecule is NC(=O)c1ccc(Oc2ccc3c(c2)CC(NCCOCc2ccccc2)C3)nc1. The van der Waals surface area contributed by atoms with E-state index >= 15 is 0 Å². The molecule has 1 heterocycles. The highest BCUT2D eigenvalue weighted by Crippen LogP contribution is 2.28. The number of carbonyl (C=O) groups is 1. The number of rotatable bonds is 9. The highest BCUT2D eigenvalue weighted by atomic mass is 16.5. The van der Waals surface area contributed by atoms with E-state index in [1.54, 1.807) is 12.1 Å². The van der Waals surface area contributed by atoms with Crippen LogP contribution in [0.1, 0.15) is 27.0 Å². The van der Waals surface area contributed by atoms with E-state index in [1.807, 2.05) is 24.3 Å². The second-order valence-electron chi connectivity index (χ2n) is 7.38. The summed E-state index contributed by atoms with van der Waals surface area (Å²) in [6, 6.07) is 20.0. The minimum Gasteiger partial charge on any atom is -0.439 e. The zero-order valence-corrected chi connectivity index (χ0v) is 16.7. The molecule has 3 aromatic rings. The van der Waals surface area contributed by atoms with E-state index in [1.165, 1.54) is 22.9 Å². The predicted octanol–water partition coefficient (Wildman–Crippen LogP) is 3.25. The number of pyridine rings is 1. The predicted molar refractivity (Wildman–Crippen MR) is 115 cm³/mol. The van der Waals surface area contributed by atoms with Crippen LogP contribution in [0.2, 0.25) is 0 Å². The molecule has 154 valence electrons. The molecule has 6 heteroatoms. The van der Waals surface area contributed by atoms with Crippen molar-refractivity contribution in [2.75, 3.05) is 13.2 Å². The van der Waals surface area contributed by atoms with E-state index in [0.717, 1.165) is 25.1 Å². The number of amides is 1. The molecule has 1 unspecified atom stereocenters. The Morgan fingerprint density at radius 3 is 2.67 bits per heavy atom. The molecule has 0 bridgehead atoms. The molecular weight excluding hydrogens is 378 g/mol. The van der Waals surface area contributed by atoms with E-state index in [0.29, 0.717) is 30.7 Å². The third kappa shape index (κ3) is 5.23. The van der Waals surface area contributed by atoms with Gasteiger partial charge < -0.3 is 20.5 Å². The maximum Gasteiger partial charge on any atom is 0.250 e. The Balaban J connectivity index is 1.24. The maximum atomic E-state index is 11.1. The van der Waals surface area contributed by atoms with Crippen LogP contribution in [0.15, 0.2) is 66.9 Å². The van der Waals surface area contributed by atoms with Crippen molar-refractivity contribution in [2.24, 2.45) is 5.73 Å². The van der Waals surface area contributed by atoms with Crippen LogP contribution in [0, 0.1) is 0 Å². The number of aromatic nitrogens is 1. The largest absolute Gasteiger partial charge is 0.439 e. The summed E-state index contributed by atoms with van der Waals surface area (Å²) in [5.41, 5.74) is 9.40. The van der Waals surface area contributed by atoms with Gasteiger partial charge in [0.25, 0.3) is 0 Å². The Hall–Kier alpha value is -3.22. The minimum atomic E-state index is -0.504. The number of nitrogens with zero attached hydrogens (tertiary/aromatic N) is 1. The second-order valence-corrected chi connectivity index (χ2v) is 7.38. The van der Waals surface area contributed by atoms with Crippen LogP contribution in [0.3, 0.4) is 0 Å². The van der Waals surface area contributed by atoms with Crippen molar-refractivity contribution >= 4 is 5.91 Å². The molecule has 1 aliphatic rings. The third-order valence-electron chi connectivity index (χ3n) is 5.14. The fourth-order valence-electron chi connectivity index (χ4n) is 3.61. The van der Waals surface area contributed by atoms with E-state index in [4.69, 9.17) is 15.2 Å². The molecule has 30 heavy (non-hydrogen) atoms. The maximum absolute atomic E-state index is 11.1. The summed E-state index contributed by atoms with van der Waals surface area (Å²) < 4.78 is 11.6. The monoisotopic (exact) mass is 403 g/mol. The van der Waals surface area contributed by atoms with E-state index < -0.39 is 5.91 Å². The molecule has 0 fully saturated rings. The van der Waals surface area contributed by atoms with Crippen LogP contribution in [0.5, 0.6) is 11.6 Å². The van der Waals surface area contributed by atoms with Gasteiger partial charge in [0.05, 0.1) is 18.8 Å². The van der Waals surface area contributed by atoms with Gasteiger partial charge in [0.2, 0.25) is 11.8 Å². The van der Waals surface area contributed by atoms with Crippen molar-refractivity contribution < 1.29 is 14.3 Å². The van der Waals surface area contributed by atoms with Gasteiger partial charge in [-0.2, -0.15) is 0 Å². The summed E-state index contributed by atoms with van der Waals surface area (Å²) >= 11 is 0. The zero-order valence-electron chi connectivity index (χ0n) is 16.7. The number of nitrogens with one attached hydrogen (secondary N) is 1. The molecule has 1 aliphatic carbocycles. The number of fused-ring (bicyclic) bond motifs is 1. The quantitative estimate of drug-likeness (QED) is 0.536. The number of ether oxygens (including phenoxy) is 2. The van der Waals surface area contributed by atoms with Crippen molar-refractivity contribution in [1.82, 2.24) is 10.3 Å². The number of hydrogen-bond acceptors (Lipinski definition) is 5. The van der Waals surface area contributed by atoms with Crippen molar-refractivity contribution in [3.8, 4) is 11.6 Å². The van der Waals surface area contributed by atoms with Crippen LogP contribution < -0.4 is 15.8 Å². The molecule has 0 aliphatic heterocycles. The van der Waals surface area contributed by atoms with Gasteiger partial charge in [-0.3, -0.25) is 4.79 Å². The first kappa shape index (κ1) is 20.1. The van der Waals surface area contributed by atoms with Gasteiger partial charge in [-0.25, -0.2) is 4.98 Å². The lowest BCUT2D eigenvalue weighted by molar-refractivity contribution is 0.1000. The summed E-state index contributed by atoms with van der Waals surface area (Å²) in [6.45, 7) is 2.15. The smallest absolute Gasteiger partial charge is 0.250 e. The molecule has 3 N–H and O–H groups in total. The van der Waals surface area contributed by atoms with Gasteiger partial charge >= 0.3 is 0 Å². The fraction of sp³-hybridized carbons (Fsp3) is 0.250. The van der Waals surface area contributed by atoms with Crippen molar-refractivity contribution in [3.05, 3.63) is 89.1 Å². The summed E-state index contributed by atoms with van der Waals surface area (Å²) in [4.78, 5) is 15.3. The van der Waals surface area contributed by atoms with E-state index in [-0.39, 0.29) is 0 Å². The van der Waals surface area contributed by atoms with Gasteiger partial charge in [0.1, 0.15) is 5.75 Å². The lowest BCUT2D eigenvalue weighted by Gasteiger charge is -2.12. The van der Waals surface area contributed by atoms with E-state index in [2.05, 4.69) is 34.6 Å². The third-order valence-corrected chi connectivity index (χ3v) is 5.14. The van der Waals surface area contributed by atoms with Gasteiger partial charge in [-0.15, -0.1) is 0 Å².